The molecule has 1 aromatic carbocycles. The van der Waals surface area contributed by atoms with Crippen molar-refractivity contribution in [3.8, 4) is 0 Å². The van der Waals surface area contributed by atoms with E-state index < -0.39 is 32.7 Å². The molecule has 0 aliphatic carbocycles. The van der Waals surface area contributed by atoms with E-state index in [-0.39, 0.29) is 0 Å². The summed E-state index contributed by atoms with van der Waals surface area (Å²) >= 11 is 3.15. The Morgan fingerprint density at radius 1 is 1.32 bits per heavy atom. The molecule has 0 fully saturated rings. The summed E-state index contributed by atoms with van der Waals surface area (Å²) in [6.45, 7) is 1.59. The van der Waals surface area contributed by atoms with Crippen LogP contribution in [-0.4, -0.2) is 19.8 Å². The Morgan fingerprint density at radius 3 is 2.42 bits per heavy atom. The highest BCUT2D eigenvalue weighted by atomic mass is 79.9. The normalized spacial score (nSPS) is 14.4. The lowest BCUT2D eigenvalue weighted by Gasteiger charge is -2.16. The van der Waals surface area contributed by atoms with Crippen molar-refractivity contribution < 1.29 is 21.6 Å². The van der Waals surface area contributed by atoms with Crippen molar-refractivity contribution in [2.24, 2.45) is 0 Å². The van der Waals surface area contributed by atoms with E-state index in [0.29, 0.717) is 11.8 Å². The molecule has 0 radical (unpaired) electrons. The summed E-state index contributed by atoms with van der Waals surface area (Å²) in [6.07, 6.45) is -4.22. The van der Waals surface area contributed by atoms with Gasteiger partial charge in [0, 0.05) is 11.4 Å². The molecule has 0 aliphatic rings. The Bertz CT molecular complexity index is 531. The van der Waals surface area contributed by atoms with E-state index in [4.69, 9.17) is 0 Å². The monoisotopic (exact) mass is 359 g/mol. The number of rotatable bonds is 5. The highest BCUT2D eigenvalue weighted by molar-refractivity contribution is 9.09. The molecule has 0 saturated carbocycles. The van der Waals surface area contributed by atoms with Gasteiger partial charge in [0.2, 0.25) is 10.0 Å². The number of halogens is 4. The molecule has 0 amide bonds. The first-order valence-corrected chi connectivity index (χ1v) is 8.03. The Kier molecular flexibility index (Phi) is 5.40. The largest absolute Gasteiger partial charge is 0.417 e. The number of nitrogens with one attached hydrogen (secondary N) is 1. The quantitative estimate of drug-likeness (QED) is 0.820. The van der Waals surface area contributed by atoms with Gasteiger partial charge in [0.25, 0.3) is 0 Å². The first kappa shape index (κ1) is 16.5. The maximum absolute atomic E-state index is 12.8. The average molecular weight is 360 g/mol. The van der Waals surface area contributed by atoms with Crippen molar-refractivity contribution in [3.05, 3.63) is 29.8 Å². The topological polar surface area (TPSA) is 46.2 Å². The molecule has 0 aliphatic heterocycles. The number of benzene rings is 1. The smallest absolute Gasteiger partial charge is 0.208 e. The predicted octanol–water partition coefficient (Wildman–Crippen LogP) is 3.16. The van der Waals surface area contributed by atoms with Gasteiger partial charge in [-0.2, -0.15) is 13.2 Å². The van der Waals surface area contributed by atoms with Crippen LogP contribution in [0, 0.1) is 0 Å². The lowest BCUT2D eigenvalue weighted by molar-refractivity contribution is -0.139. The van der Waals surface area contributed by atoms with Crippen LogP contribution >= 0.6 is 15.9 Å². The highest BCUT2D eigenvalue weighted by Crippen LogP contribution is 2.33. The van der Waals surface area contributed by atoms with Gasteiger partial charge in [-0.15, -0.1) is 0 Å². The molecule has 1 unspecified atom stereocenters. The van der Waals surface area contributed by atoms with E-state index in [9.17, 15) is 21.6 Å². The van der Waals surface area contributed by atoms with Gasteiger partial charge in [0.05, 0.1) is 10.5 Å². The molecule has 1 rings (SSSR count). The molecular formula is C11H13BrF3NO2S. The summed E-state index contributed by atoms with van der Waals surface area (Å²) in [5, 5.41) is 0.553. The van der Waals surface area contributed by atoms with Crippen LogP contribution in [0.3, 0.4) is 0 Å². The average Bonchev–Trinajstić information content (AvgIpc) is 2.27. The van der Waals surface area contributed by atoms with Crippen LogP contribution in [-0.2, 0) is 16.2 Å². The van der Waals surface area contributed by atoms with Crippen molar-refractivity contribution in [2.75, 3.05) is 5.33 Å². The van der Waals surface area contributed by atoms with Gasteiger partial charge in [-0.25, -0.2) is 13.1 Å². The second-order valence-electron chi connectivity index (χ2n) is 3.99. The molecule has 0 heterocycles. The number of sulfonamides is 1. The third kappa shape index (κ3) is 4.47. The third-order valence-electron chi connectivity index (χ3n) is 2.38. The van der Waals surface area contributed by atoms with Crippen molar-refractivity contribution >= 4 is 26.0 Å². The summed E-state index contributed by atoms with van der Waals surface area (Å²) in [5.74, 6) is 0. The van der Waals surface area contributed by atoms with E-state index in [1.54, 1.807) is 6.92 Å². The molecule has 19 heavy (non-hydrogen) atoms. The summed E-state index contributed by atoms with van der Waals surface area (Å²) in [4.78, 5) is -0.746. The Balaban J connectivity index is 3.16. The Morgan fingerprint density at radius 2 is 1.89 bits per heavy atom. The summed E-state index contributed by atoms with van der Waals surface area (Å²) in [5.41, 5.74) is -1.16. The zero-order chi connectivity index (χ0) is 14.7. The molecular weight excluding hydrogens is 347 g/mol. The molecule has 1 N–H and O–H groups in total. The minimum Gasteiger partial charge on any atom is -0.208 e. The minimum atomic E-state index is -4.70. The lowest BCUT2D eigenvalue weighted by atomic mass is 10.2. The van der Waals surface area contributed by atoms with Gasteiger partial charge in [0.15, 0.2) is 0 Å². The van der Waals surface area contributed by atoms with Gasteiger partial charge in [-0.3, -0.25) is 0 Å². The molecule has 1 atom stereocenters. The van der Waals surface area contributed by atoms with Crippen molar-refractivity contribution in [3.63, 3.8) is 0 Å². The van der Waals surface area contributed by atoms with E-state index in [2.05, 4.69) is 20.7 Å². The SMILES string of the molecule is CC(CCBr)NS(=O)(=O)c1ccccc1C(F)(F)F. The molecule has 0 saturated heterocycles. The van der Waals surface area contributed by atoms with Gasteiger partial charge < -0.3 is 0 Å². The molecule has 0 spiro atoms. The van der Waals surface area contributed by atoms with Gasteiger partial charge in [-0.05, 0) is 25.5 Å². The van der Waals surface area contributed by atoms with Gasteiger partial charge in [0.1, 0.15) is 0 Å². The summed E-state index contributed by atoms with van der Waals surface area (Å²) < 4.78 is 64.4. The van der Waals surface area contributed by atoms with Crippen LogP contribution in [0.2, 0.25) is 0 Å². The minimum absolute atomic E-state index is 0.453. The fourth-order valence-corrected chi connectivity index (χ4v) is 3.68. The van der Waals surface area contributed by atoms with E-state index >= 15 is 0 Å². The molecule has 0 aromatic heterocycles. The Labute approximate surface area is 118 Å². The van der Waals surface area contributed by atoms with Crippen molar-refractivity contribution in [2.45, 2.75) is 30.5 Å². The fraction of sp³-hybridized carbons (Fsp3) is 0.455. The number of hydrogen-bond acceptors (Lipinski definition) is 2. The van der Waals surface area contributed by atoms with E-state index in [0.717, 1.165) is 18.2 Å². The van der Waals surface area contributed by atoms with Crippen molar-refractivity contribution in [1.82, 2.24) is 4.72 Å². The Hall–Kier alpha value is -0.600. The van der Waals surface area contributed by atoms with E-state index in [1.807, 2.05) is 0 Å². The third-order valence-corrected chi connectivity index (χ3v) is 4.49. The molecule has 108 valence electrons. The fourth-order valence-electron chi connectivity index (χ4n) is 1.49. The van der Waals surface area contributed by atoms with Crippen molar-refractivity contribution in [1.29, 1.82) is 0 Å². The van der Waals surface area contributed by atoms with Crippen LogP contribution in [0.25, 0.3) is 0 Å². The standard InChI is InChI=1S/C11H13BrF3NO2S/c1-8(6-7-12)16-19(17,18)10-5-3-2-4-9(10)11(13,14)15/h2-5,8,16H,6-7H2,1H3. The zero-order valence-corrected chi connectivity index (χ0v) is 12.4. The first-order valence-electron chi connectivity index (χ1n) is 5.43. The van der Waals surface area contributed by atoms with Crippen LogP contribution in [0.4, 0.5) is 13.2 Å². The van der Waals surface area contributed by atoms with Crippen LogP contribution in [0.1, 0.15) is 18.9 Å². The second-order valence-corrected chi connectivity index (χ2v) is 6.47. The first-order chi connectivity index (χ1) is 8.68. The van der Waals surface area contributed by atoms with Crippen LogP contribution < -0.4 is 4.72 Å². The van der Waals surface area contributed by atoms with Crippen LogP contribution in [0.15, 0.2) is 29.2 Å². The number of hydrogen-bond donors (Lipinski definition) is 1. The lowest BCUT2D eigenvalue weighted by Crippen LogP contribution is -2.34. The maximum atomic E-state index is 12.8. The van der Waals surface area contributed by atoms with Crippen LogP contribution in [0.5, 0.6) is 0 Å². The van der Waals surface area contributed by atoms with Gasteiger partial charge >= 0.3 is 6.18 Å². The molecule has 0 bridgehead atoms. The molecule has 3 nitrogen and oxygen atoms in total. The summed E-state index contributed by atoms with van der Waals surface area (Å²) in [7, 11) is -4.19. The maximum Gasteiger partial charge on any atom is 0.417 e. The predicted molar refractivity (Wildman–Crippen MR) is 69.6 cm³/mol. The van der Waals surface area contributed by atoms with Gasteiger partial charge in [-0.1, -0.05) is 28.1 Å². The number of alkyl halides is 4. The molecule has 8 heteroatoms. The highest BCUT2D eigenvalue weighted by Gasteiger charge is 2.37. The molecule has 1 aromatic rings. The second kappa shape index (κ2) is 6.23. The summed E-state index contributed by atoms with van der Waals surface area (Å²) in [6, 6.07) is 3.67. The zero-order valence-electron chi connectivity index (χ0n) is 10.0. The van der Waals surface area contributed by atoms with E-state index in [1.165, 1.54) is 6.07 Å².